The maximum absolute atomic E-state index is 11.7. The second-order valence-corrected chi connectivity index (χ2v) is 5.85. The highest BCUT2D eigenvalue weighted by atomic mass is 79.9. The van der Waals surface area contributed by atoms with Crippen molar-refractivity contribution in [2.24, 2.45) is 0 Å². The van der Waals surface area contributed by atoms with Crippen LogP contribution in [0, 0.1) is 17.0 Å². The molecule has 0 atom stereocenters. The molecule has 0 bridgehead atoms. The molecule has 0 fully saturated rings. The standard InChI is InChI=1S/C18H14N4O4.BrH/c1-10-17(19-15-7-3-11(22(24)25)9-21(10)15)12-4-6-14(26-2)18-13(12)5-8-16(23)20-18;/h3-9H,1-2H3,(H,20,23);1H. The van der Waals surface area contributed by atoms with Crippen LogP contribution >= 0.6 is 17.0 Å². The lowest BCUT2D eigenvalue weighted by Gasteiger charge is -2.09. The third-order valence-electron chi connectivity index (χ3n) is 4.38. The largest absolute Gasteiger partial charge is 0.495 e. The van der Waals surface area contributed by atoms with Gasteiger partial charge in [-0.15, -0.1) is 17.0 Å². The van der Waals surface area contributed by atoms with E-state index in [0.29, 0.717) is 22.6 Å². The van der Waals surface area contributed by atoms with E-state index in [-0.39, 0.29) is 28.2 Å². The Balaban J connectivity index is 0.00000210. The highest BCUT2D eigenvalue weighted by Gasteiger charge is 2.17. The van der Waals surface area contributed by atoms with E-state index in [1.807, 2.05) is 13.0 Å². The van der Waals surface area contributed by atoms with Crippen molar-refractivity contribution >= 4 is 39.2 Å². The van der Waals surface area contributed by atoms with Crippen molar-refractivity contribution in [2.75, 3.05) is 7.11 Å². The summed E-state index contributed by atoms with van der Waals surface area (Å²) in [7, 11) is 1.54. The lowest BCUT2D eigenvalue weighted by Crippen LogP contribution is -2.04. The summed E-state index contributed by atoms with van der Waals surface area (Å²) in [4.78, 5) is 29.7. The van der Waals surface area contributed by atoms with Crippen molar-refractivity contribution in [3.8, 4) is 17.0 Å². The van der Waals surface area contributed by atoms with E-state index in [0.717, 1.165) is 16.6 Å². The fourth-order valence-electron chi connectivity index (χ4n) is 3.12. The minimum absolute atomic E-state index is 0. The zero-order valence-corrected chi connectivity index (χ0v) is 16.1. The SMILES string of the molecule is Br.COc1ccc(-c2nc3ccc([N+](=O)[O-])cn3c2C)c2ccc(=O)[nH]c12. The van der Waals surface area contributed by atoms with Crippen LogP contribution in [0.5, 0.6) is 5.75 Å². The first kappa shape index (κ1) is 18.6. The van der Waals surface area contributed by atoms with Gasteiger partial charge in [-0.05, 0) is 31.2 Å². The van der Waals surface area contributed by atoms with Crippen LogP contribution in [-0.2, 0) is 0 Å². The molecule has 0 aliphatic carbocycles. The monoisotopic (exact) mass is 430 g/mol. The van der Waals surface area contributed by atoms with Gasteiger partial charge in [-0.3, -0.25) is 19.3 Å². The number of benzene rings is 1. The molecule has 0 spiro atoms. The molecule has 3 heterocycles. The van der Waals surface area contributed by atoms with Crippen LogP contribution in [0.25, 0.3) is 27.8 Å². The number of hydrogen-bond acceptors (Lipinski definition) is 5. The topological polar surface area (TPSA) is 103 Å². The zero-order chi connectivity index (χ0) is 18.4. The smallest absolute Gasteiger partial charge is 0.286 e. The van der Waals surface area contributed by atoms with E-state index >= 15 is 0 Å². The number of nitrogens with zero attached hydrogens (tertiary/aromatic N) is 3. The number of H-pyrrole nitrogens is 1. The van der Waals surface area contributed by atoms with Gasteiger partial charge in [-0.1, -0.05) is 0 Å². The number of aryl methyl sites for hydroxylation is 1. The molecule has 1 N–H and O–H groups in total. The quantitative estimate of drug-likeness (QED) is 0.394. The third-order valence-corrected chi connectivity index (χ3v) is 4.38. The molecule has 9 heteroatoms. The number of fused-ring (bicyclic) bond motifs is 2. The first-order valence-electron chi connectivity index (χ1n) is 7.83. The van der Waals surface area contributed by atoms with Crippen LogP contribution < -0.4 is 10.3 Å². The average Bonchev–Trinajstić information content (AvgIpc) is 2.96. The number of rotatable bonds is 3. The van der Waals surface area contributed by atoms with Gasteiger partial charge in [0.2, 0.25) is 5.56 Å². The van der Waals surface area contributed by atoms with Gasteiger partial charge in [0.1, 0.15) is 11.4 Å². The fourth-order valence-corrected chi connectivity index (χ4v) is 3.12. The van der Waals surface area contributed by atoms with Gasteiger partial charge in [0.05, 0.1) is 29.4 Å². The van der Waals surface area contributed by atoms with Crippen molar-refractivity contribution in [2.45, 2.75) is 6.92 Å². The van der Waals surface area contributed by atoms with Crippen LogP contribution in [0.3, 0.4) is 0 Å². The Morgan fingerprint density at radius 2 is 1.96 bits per heavy atom. The Labute approximate surface area is 163 Å². The molecule has 1 aromatic carbocycles. The molecule has 0 amide bonds. The summed E-state index contributed by atoms with van der Waals surface area (Å²) < 4.78 is 7.02. The van der Waals surface area contributed by atoms with E-state index in [1.54, 1.807) is 22.6 Å². The molecular weight excluding hydrogens is 416 g/mol. The molecule has 0 aliphatic rings. The number of pyridine rings is 2. The van der Waals surface area contributed by atoms with Crippen molar-refractivity contribution in [3.63, 3.8) is 0 Å². The third kappa shape index (κ3) is 2.95. The summed E-state index contributed by atoms with van der Waals surface area (Å²) in [6.07, 6.45) is 1.45. The number of aromatic nitrogens is 3. The summed E-state index contributed by atoms with van der Waals surface area (Å²) in [5.74, 6) is 0.554. The summed E-state index contributed by atoms with van der Waals surface area (Å²) in [5, 5.41) is 11.8. The summed E-state index contributed by atoms with van der Waals surface area (Å²) in [6, 6.07) is 9.83. The zero-order valence-electron chi connectivity index (χ0n) is 14.4. The van der Waals surface area contributed by atoms with E-state index in [2.05, 4.69) is 9.97 Å². The second-order valence-electron chi connectivity index (χ2n) is 5.85. The molecule has 3 aromatic heterocycles. The Morgan fingerprint density at radius 3 is 2.67 bits per heavy atom. The van der Waals surface area contributed by atoms with E-state index in [9.17, 15) is 14.9 Å². The molecule has 0 saturated carbocycles. The molecule has 0 saturated heterocycles. The molecule has 4 aromatic rings. The molecule has 27 heavy (non-hydrogen) atoms. The van der Waals surface area contributed by atoms with Crippen molar-refractivity contribution in [1.29, 1.82) is 0 Å². The van der Waals surface area contributed by atoms with Crippen LogP contribution in [-0.4, -0.2) is 26.4 Å². The Bertz CT molecular complexity index is 1250. The number of nitro groups is 1. The van der Waals surface area contributed by atoms with Gasteiger partial charge in [-0.2, -0.15) is 0 Å². The number of imidazole rings is 1. The summed E-state index contributed by atoms with van der Waals surface area (Å²) in [6.45, 7) is 1.85. The predicted octanol–water partition coefficient (Wildman–Crippen LogP) is 3.65. The molecule has 138 valence electrons. The molecular formula is C18H15BrN4O4. The Morgan fingerprint density at radius 1 is 1.19 bits per heavy atom. The van der Waals surface area contributed by atoms with Gasteiger partial charge in [0.15, 0.2) is 0 Å². The van der Waals surface area contributed by atoms with Gasteiger partial charge >= 0.3 is 0 Å². The first-order chi connectivity index (χ1) is 12.5. The number of halogens is 1. The molecule has 8 nitrogen and oxygen atoms in total. The number of aromatic amines is 1. The van der Waals surface area contributed by atoms with Crippen LogP contribution in [0.15, 0.2) is 47.4 Å². The Hall–Kier alpha value is -3.20. The summed E-state index contributed by atoms with van der Waals surface area (Å²) in [5.41, 5.74) is 3.22. The van der Waals surface area contributed by atoms with Crippen molar-refractivity contribution < 1.29 is 9.66 Å². The first-order valence-corrected chi connectivity index (χ1v) is 7.83. The number of hydrogen-bond donors (Lipinski definition) is 1. The van der Waals surface area contributed by atoms with Crippen molar-refractivity contribution in [3.05, 3.63) is 68.8 Å². The highest BCUT2D eigenvalue weighted by molar-refractivity contribution is 8.93. The average molecular weight is 431 g/mol. The molecule has 0 aliphatic heterocycles. The maximum atomic E-state index is 11.7. The number of methoxy groups -OCH3 is 1. The van der Waals surface area contributed by atoms with E-state index in [4.69, 9.17) is 4.74 Å². The second kappa shape index (κ2) is 6.84. The maximum Gasteiger partial charge on any atom is 0.286 e. The minimum Gasteiger partial charge on any atom is -0.495 e. The van der Waals surface area contributed by atoms with Crippen LogP contribution in [0.4, 0.5) is 5.69 Å². The normalized spacial score (nSPS) is 10.7. The Kier molecular flexibility index (Phi) is 4.71. The molecule has 0 radical (unpaired) electrons. The minimum atomic E-state index is -0.438. The molecule has 0 unspecified atom stereocenters. The highest BCUT2D eigenvalue weighted by Crippen LogP contribution is 2.34. The fraction of sp³-hybridized carbons (Fsp3) is 0.111. The number of nitrogens with one attached hydrogen (secondary N) is 1. The van der Waals surface area contributed by atoms with Gasteiger partial charge in [-0.25, -0.2) is 4.98 Å². The lowest BCUT2D eigenvalue weighted by molar-refractivity contribution is -0.385. The van der Waals surface area contributed by atoms with Crippen molar-refractivity contribution in [1.82, 2.24) is 14.4 Å². The van der Waals surface area contributed by atoms with Gasteiger partial charge < -0.3 is 9.72 Å². The number of ether oxygens (including phenoxy) is 1. The van der Waals surface area contributed by atoms with Crippen LogP contribution in [0.1, 0.15) is 5.69 Å². The van der Waals surface area contributed by atoms with E-state index < -0.39 is 4.92 Å². The van der Waals surface area contributed by atoms with Gasteiger partial charge in [0.25, 0.3) is 5.69 Å². The van der Waals surface area contributed by atoms with E-state index in [1.165, 1.54) is 25.4 Å². The van der Waals surface area contributed by atoms with Crippen LogP contribution in [0.2, 0.25) is 0 Å². The molecule has 4 rings (SSSR count). The summed E-state index contributed by atoms with van der Waals surface area (Å²) >= 11 is 0. The predicted molar refractivity (Wildman–Crippen MR) is 107 cm³/mol. The lowest BCUT2D eigenvalue weighted by atomic mass is 10.0. The van der Waals surface area contributed by atoms with Gasteiger partial charge in [0, 0.05) is 28.8 Å².